The number of benzene rings is 1. The van der Waals surface area contributed by atoms with Gasteiger partial charge in [-0.1, -0.05) is 22.0 Å². The lowest BCUT2D eigenvalue weighted by atomic mass is 9.92. The molecule has 1 atom stereocenters. The second-order valence-electron chi connectivity index (χ2n) is 5.20. The van der Waals surface area contributed by atoms with Gasteiger partial charge in [0, 0.05) is 17.3 Å². The number of rotatable bonds is 5. The summed E-state index contributed by atoms with van der Waals surface area (Å²) < 4.78 is 14.3. The molecule has 0 bridgehead atoms. The zero-order chi connectivity index (χ0) is 13.7. The first kappa shape index (κ1) is 14.7. The molecule has 0 spiro atoms. The molecule has 1 aromatic rings. The molecule has 2 rings (SSSR count). The molecule has 4 heteroatoms. The zero-order valence-electron chi connectivity index (χ0n) is 10.9. The van der Waals surface area contributed by atoms with E-state index in [4.69, 9.17) is 0 Å². The Hall–Kier alpha value is -0.740. The number of hydrogen-bond acceptors (Lipinski definition) is 2. The number of halogens is 2. The van der Waals surface area contributed by atoms with E-state index in [1.54, 1.807) is 12.1 Å². The lowest BCUT2D eigenvalue weighted by Gasteiger charge is -2.22. The molecule has 0 aromatic heterocycles. The van der Waals surface area contributed by atoms with E-state index in [0.717, 1.165) is 19.5 Å². The third kappa shape index (κ3) is 4.69. The fraction of sp³-hybridized carbons (Fsp3) is 0.533. The highest BCUT2D eigenvalue weighted by Crippen LogP contribution is 2.19. The summed E-state index contributed by atoms with van der Waals surface area (Å²) in [5, 5.41) is 3.35. The van der Waals surface area contributed by atoms with Crippen molar-refractivity contribution in [2.24, 2.45) is 5.92 Å². The number of piperidine rings is 1. The maximum absolute atomic E-state index is 13.6. The molecule has 0 saturated carbocycles. The number of carbonyl (C=O) groups excluding carboxylic acids is 1. The predicted molar refractivity (Wildman–Crippen MR) is 77.6 cm³/mol. The first-order valence-electron chi connectivity index (χ1n) is 6.81. The Kier molecular flexibility index (Phi) is 5.52. The maximum Gasteiger partial charge on any atom is 0.137 e. The van der Waals surface area contributed by atoms with E-state index in [1.807, 2.05) is 0 Å². The van der Waals surface area contributed by atoms with Gasteiger partial charge in [0.25, 0.3) is 0 Å². The van der Waals surface area contributed by atoms with Crippen LogP contribution in [0.2, 0.25) is 0 Å². The van der Waals surface area contributed by atoms with Crippen molar-refractivity contribution in [1.82, 2.24) is 5.32 Å². The van der Waals surface area contributed by atoms with Crippen LogP contribution in [0.15, 0.2) is 22.7 Å². The Morgan fingerprint density at radius 1 is 1.47 bits per heavy atom. The fourth-order valence-corrected chi connectivity index (χ4v) is 2.83. The van der Waals surface area contributed by atoms with Crippen molar-refractivity contribution in [3.8, 4) is 0 Å². The molecule has 1 aliphatic rings. The monoisotopic (exact) mass is 327 g/mol. The average Bonchev–Trinajstić information content (AvgIpc) is 2.41. The van der Waals surface area contributed by atoms with Gasteiger partial charge in [0.15, 0.2) is 0 Å². The average molecular weight is 328 g/mol. The maximum atomic E-state index is 13.6. The van der Waals surface area contributed by atoms with Gasteiger partial charge < -0.3 is 5.32 Å². The van der Waals surface area contributed by atoms with Crippen LogP contribution in [-0.4, -0.2) is 18.9 Å². The zero-order valence-corrected chi connectivity index (χ0v) is 12.5. The summed E-state index contributed by atoms with van der Waals surface area (Å²) in [6.45, 7) is 2.11. The highest BCUT2D eigenvalue weighted by atomic mass is 79.9. The minimum absolute atomic E-state index is 0.131. The normalized spacial score (nSPS) is 19.4. The molecule has 0 aliphatic carbocycles. The number of hydrogen-bond donors (Lipinski definition) is 1. The van der Waals surface area contributed by atoms with Crippen molar-refractivity contribution >= 4 is 21.7 Å². The molecule has 104 valence electrons. The smallest absolute Gasteiger partial charge is 0.137 e. The molecule has 1 fully saturated rings. The van der Waals surface area contributed by atoms with Gasteiger partial charge in [-0.15, -0.1) is 0 Å². The molecule has 0 amide bonds. The van der Waals surface area contributed by atoms with E-state index >= 15 is 0 Å². The predicted octanol–water partition coefficient (Wildman–Crippen LogP) is 3.48. The minimum atomic E-state index is -0.304. The molecule has 1 heterocycles. The molecule has 2 nitrogen and oxygen atoms in total. The fourth-order valence-electron chi connectivity index (χ4n) is 2.50. The minimum Gasteiger partial charge on any atom is -0.316 e. The van der Waals surface area contributed by atoms with Crippen LogP contribution in [0, 0.1) is 11.7 Å². The highest BCUT2D eigenvalue weighted by Gasteiger charge is 2.15. The molecule has 19 heavy (non-hydrogen) atoms. The van der Waals surface area contributed by atoms with Gasteiger partial charge in [-0.2, -0.15) is 0 Å². The van der Waals surface area contributed by atoms with Crippen LogP contribution in [0.4, 0.5) is 4.39 Å². The molecule has 1 unspecified atom stereocenters. The summed E-state index contributed by atoms with van der Waals surface area (Å²) in [6, 6.07) is 4.86. The molecule has 1 saturated heterocycles. The second-order valence-corrected chi connectivity index (χ2v) is 6.12. The van der Waals surface area contributed by atoms with E-state index in [-0.39, 0.29) is 18.0 Å². The van der Waals surface area contributed by atoms with Crippen molar-refractivity contribution in [3.63, 3.8) is 0 Å². The SMILES string of the molecule is O=C(CCC1CCCNC1)Cc1ccc(Br)cc1F. The summed E-state index contributed by atoms with van der Waals surface area (Å²) in [5.41, 5.74) is 0.495. The van der Waals surface area contributed by atoms with Crippen molar-refractivity contribution in [1.29, 1.82) is 0 Å². The van der Waals surface area contributed by atoms with Gasteiger partial charge in [-0.25, -0.2) is 4.39 Å². The highest BCUT2D eigenvalue weighted by molar-refractivity contribution is 9.10. The van der Waals surface area contributed by atoms with Crippen molar-refractivity contribution in [2.75, 3.05) is 13.1 Å². The topological polar surface area (TPSA) is 29.1 Å². The van der Waals surface area contributed by atoms with Gasteiger partial charge in [0.2, 0.25) is 0 Å². The van der Waals surface area contributed by atoms with Gasteiger partial charge in [-0.05, 0) is 56.0 Å². The van der Waals surface area contributed by atoms with E-state index in [1.165, 1.54) is 18.9 Å². The molecule has 1 aromatic carbocycles. The van der Waals surface area contributed by atoms with Crippen LogP contribution < -0.4 is 5.32 Å². The second kappa shape index (κ2) is 7.15. The van der Waals surface area contributed by atoms with Crippen LogP contribution in [0.5, 0.6) is 0 Å². The largest absolute Gasteiger partial charge is 0.316 e. The molecular weight excluding hydrogens is 309 g/mol. The number of carbonyl (C=O) groups is 1. The van der Waals surface area contributed by atoms with Crippen LogP contribution in [0.25, 0.3) is 0 Å². The van der Waals surface area contributed by atoms with E-state index < -0.39 is 0 Å². The standard InChI is InChI=1S/C15H19BrFNO/c16-13-5-4-12(15(17)9-13)8-14(19)6-3-11-2-1-7-18-10-11/h4-5,9,11,18H,1-3,6-8,10H2. The summed E-state index contributed by atoms with van der Waals surface area (Å²) >= 11 is 3.21. The van der Waals surface area contributed by atoms with Gasteiger partial charge >= 0.3 is 0 Å². The van der Waals surface area contributed by atoms with Gasteiger partial charge in [0.1, 0.15) is 11.6 Å². The van der Waals surface area contributed by atoms with Gasteiger partial charge in [0.05, 0.1) is 0 Å². The Balaban J connectivity index is 1.80. The number of nitrogens with one attached hydrogen (secondary N) is 1. The van der Waals surface area contributed by atoms with Crippen molar-refractivity contribution < 1.29 is 9.18 Å². The Morgan fingerprint density at radius 2 is 2.32 bits per heavy atom. The first-order chi connectivity index (χ1) is 9.15. The van der Waals surface area contributed by atoms with E-state index in [9.17, 15) is 9.18 Å². The summed E-state index contributed by atoms with van der Waals surface area (Å²) in [7, 11) is 0. The Bertz CT molecular complexity index is 444. The first-order valence-corrected chi connectivity index (χ1v) is 7.61. The van der Waals surface area contributed by atoms with Crippen LogP contribution >= 0.6 is 15.9 Å². The third-order valence-corrected chi connectivity index (χ3v) is 4.13. The summed E-state index contributed by atoms with van der Waals surface area (Å²) in [6.07, 6.45) is 4.08. The summed E-state index contributed by atoms with van der Waals surface area (Å²) in [5.74, 6) is 0.432. The van der Waals surface area contributed by atoms with Crippen molar-refractivity contribution in [2.45, 2.75) is 32.1 Å². The molecule has 1 N–H and O–H groups in total. The van der Waals surface area contributed by atoms with Crippen LogP contribution in [0.1, 0.15) is 31.2 Å². The Labute approximate surface area is 121 Å². The van der Waals surface area contributed by atoms with Gasteiger partial charge in [-0.3, -0.25) is 4.79 Å². The lowest BCUT2D eigenvalue weighted by Crippen LogP contribution is -2.30. The van der Waals surface area contributed by atoms with Crippen molar-refractivity contribution in [3.05, 3.63) is 34.1 Å². The van der Waals surface area contributed by atoms with E-state index in [2.05, 4.69) is 21.2 Å². The van der Waals surface area contributed by atoms with Crippen LogP contribution in [-0.2, 0) is 11.2 Å². The molecular formula is C15H19BrFNO. The number of ketones is 1. The Morgan fingerprint density at radius 3 is 3.00 bits per heavy atom. The quantitative estimate of drug-likeness (QED) is 0.897. The van der Waals surface area contributed by atoms with E-state index in [0.29, 0.717) is 22.4 Å². The number of Topliss-reactive ketones (excluding diaryl/α,β-unsaturated/α-hetero) is 1. The lowest BCUT2D eigenvalue weighted by molar-refractivity contribution is -0.118. The molecule has 0 radical (unpaired) electrons. The molecule has 1 aliphatic heterocycles. The third-order valence-electron chi connectivity index (χ3n) is 3.63. The summed E-state index contributed by atoms with van der Waals surface area (Å²) in [4.78, 5) is 11.9. The van der Waals surface area contributed by atoms with Crippen LogP contribution in [0.3, 0.4) is 0 Å².